The largest absolute Gasteiger partial charge is 0.367 e. The van der Waals surface area contributed by atoms with Crippen molar-refractivity contribution >= 4 is 16.6 Å². The van der Waals surface area contributed by atoms with Gasteiger partial charge in [-0.15, -0.1) is 0 Å². The SMILES string of the molecule is CC(C)(C)[C@H]1CC[C@H](Nc2ncc(CCc3cccnc3)c3ccccc23)CC1. The molecule has 0 atom stereocenters. The van der Waals surface area contributed by atoms with Gasteiger partial charge in [0, 0.05) is 30.0 Å². The van der Waals surface area contributed by atoms with Gasteiger partial charge in [-0.05, 0) is 72.4 Å². The molecule has 0 bridgehead atoms. The Labute approximate surface area is 175 Å². The van der Waals surface area contributed by atoms with E-state index in [4.69, 9.17) is 4.98 Å². The van der Waals surface area contributed by atoms with Crippen LogP contribution in [0.5, 0.6) is 0 Å². The second-order valence-corrected chi connectivity index (χ2v) is 9.60. The molecule has 2 aromatic heterocycles. The van der Waals surface area contributed by atoms with Gasteiger partial charge < -0.3 is 5.32 Å². The maximum absolute atomic E-state index is 4.85. The van der Waals surface area contributed by atoms with E-state index in [1.165, 1.54) is 47.6 Å². The zero-order valence-electron chi connectivity index (χ0n) is 18.0. The van der Waals surface area contributed by atoms with Crippen molar-refractivity contribution in [1.82, 2.24) is 9.97 Å². The van der Waals surface area contributed by atoms with Crippen molar-refractivity contribution in [3.8, 4) is 0 Å². The second-order valence-electron chi connectivity index (χ2n) is 9.60. The second kappa shape index (κ2) is 8.52. The van der Waals surface area contributed by atoms with E-state index in [2.05, 4.69) is 67.6 Å². The number of aromatic nitrogens is 2. The number of pyridine rings is 2. The molecule has 3 aromatic rings. The van der Waals surface area contributed by atoms with Crippen LogP contribution in [0.4, 0.5) is 5.82 Å². The van der Waals surface area contributed by atoms with Crippen LogP contribution in [0.2, 0.25) is 0 Å². The third-order valence-corrected chi connectivity index (χ3v) is 6.58. The van der Waals surface area contributed by atoms with Gasteiger partial charge in [0.05, 0.1) is 0 Å². The molecule has 1 N–H and O–H groups in total. The summed E-state index contributed by atoms with van der Waals surface area (Å²) >= 11 is 0. The first-order chi connectivity index (χ1) is 14.0. The van der Waals surface area contributed by atoms with Crippen LogP contribution in [0.15, 0.2) is 55.0 Å². The predicted molar refractivity (Wildman–Crippen MR) is 122 cm³/mol. The van der Waals surface area contributed by atoms with Gasteiger partial charge in [0.2, 0.25) is 0 Å². The van der Waals surface area contributed by atoms with E-state index in [9.17, 15) is 0 Å². The monoisotopic (exact) mass is 387 g/mol. The summed E-state index contributed by atoms with van der Waals surface area (Å²) < 4.78 is 0. The fourth-order valence-electron chi connectivity index (χ4n) is 4.69. The summed E-state index contributed by atoms with van der Waals surface area (Å²) in [7, 11) is 0. The van der Waals surface area contributed by atoms with E-state index in [0.717, 1.165) is 24.6 Å². The first kappa shape index (κ1) is 19.9. The van der Waals surface area contributed by atoms with Crippen molar-refractivity contribution in [3.05, 3.63) is 66.1 Å². The summed E-state index contributed by atoms with van der Waals surface area (Å²) in [5.74, 6) is 1.88. The van der Waals surface area contributed by atoms with E-state index >= 15 is 0 Å². The Kier molecular flexibility index (Phi) is 5.84. The summed E-state index contributed by atoms with van der Waals surface area (Å²) in [6.07, 6.45) is 12.9. The molecule has 1 aromatic carbocycles. The lowest BCUT2D eigenvalue weighted by Gasteiger charge is -2.37. The minimum Gasteiger partial charge on any atom is -0.367 e. The molecular weight excluding hydrogens is 354 g/mol. The molecule has 0 spiro atoms. The van der Waals surface area contributed by atoms with Gasteiger partial charge in [0.25, 0.3) is 0 Å². The minimum absolute atomic E-state index is 0.422. The van der Waals surface area contributed by atoms with Crippen LogP contribution < -0.4 is 5.32 Å². The fraction of sp³-hybridized carbons (Fsp3) is 0.462. The van der Waals surface area contributed by atoms with Crippen molar-refractivity contribution in [1.29, 1.82) is 0 Å². The minimum atomic E-state index is 0.422. The van der Waals surface area contributed by atoms with Crippen LogP contribution in [0.25, 0.3) is 10.8 Å². The Morgan fingerprint density at radius 1 is 0.897 bits per heavy atom. The number of benzene rings is 1. The lowest BCUT2D eigenvalue weighted by atomic mass is 9.71. The third kappa shape index (κ3) is 4.77. The van der Waals surface area contributed by atoms with Crippen LogP contribution in [-0.2, 0) is 12.8 Å². The van der Waals surface area contributed by atoms with Crippen molar-refractivity contribution in [3.63, 3.8) is 0 Å². The number of hydrogen-bond acceptors (Lipinski definition) is 3. The lowest BCUT2D eigenvalue weighted by Crippen LogP contribution is -2.31. The average Bonchev–Trinajstić information content (AvgIpc) is 2.74. The quantitative estimate of drug-likeness (QED) is 0.548. The van der Waals surface area contributed by atoms with Crippen molar-refractivity contribution in [2.75, 3.05) is 5.32 Å². The van der Waals surface area contributed by atoms with E-state index in [1.54, 1.807) is 0 Å². The van der Waals surface area contributed by atoms with Gasteiger partial charge in [-0.1, -0.05) is 51.1 Å². The Hall–Kier alpha value is -2.42. The van der Waals surface area contributed by atoms with Crippen molar-refractivity contribution in [2.24, 2.45) is 11.3 Å². The van der Waals surface area contributed by atoms with E-state index in [1.807, 2.05) is 18.5 Å². The fourth-order valence-corrected chi connectivity index (χ4v) is 4.69. The molecule has 1 fully saturated rings. The number of nitrogens with zero attached hydrogens (tertiary/aromatic N) is 2. The normalized spacial score (nSPS) is 20.0. The summed E-state index contributed by atoms with van der Waals surface area (Å²) in [5, 5.41) is 6.34. The van der Waals surface area contributed by atoms with E-state index < -0.39 is 0 Å². The molecule has 4 rings (SSSR count). The molecule has 1 aliphatic carbocycles. The van der Waals surface area contributed by atoms with Gasteiger partial charge in [0.15, 0.2) is 0 Å². The van der Waals surface area contributed by atoms with Gasteiger partial charge in [0.1, 0.15) is 5.82 Å². The molecule has 0 aliphatic heterocycles. The zero-order valence-corrected chi connectivity index (χ0v) is 18.0. The molecular formula is C26H33N3. The van der Waals surface area contributed by atoms with Crippen LogP contribution in [0.3, 0.4) is 0 Å². The third-order valence-electron chi connectivity index (χ3n) is 6.58. The Bertz CT molecular complexity index is 935. The number of aryl methyl sites for hydroxylation is 2. The molecule has 1 aliphatic rings. The highest BCUT2D eigenvalue weighted by molar-refractivity contribution is 5.94. The number of fused-ring (bicyclic) bond motifs is 1. The first-order valence-corrected chi connectivity index (χ1v) is 11.0. The molecule has 3 nitrogen and oxygen atoms in total. The Morgan fingerprint density at radius 3 is 2.34 bits per heavy atom. The molecule has 2 heterocycles. The average molecular weight is 388 g/mol. The van der Waals surface area contributed by atoms with Crippen molar-refractivity contribution in [2.45, 2.75) is 65.3 Å². The van der Waals surface area contributed by atoms with Gasteiger partial charge in [-0.2, -0.15) is 0 Å². The van der Waals surface area contributed by atoms with Crippen LogP contribution in [-0.4, -0.2) is 16.0 Å². The van der Waals surface area contributed by atoms with Crippen LogP contribution in [0.1, 0.15) is 57.6 Å². The smallest absolute Gasteiger partial charge is 0.134 e. The lowest BCUT2D eigenvalue weighted by molar-refractivity contribution is 0.173. The molecule has 3 heteroatoms. The zero-order chi connectivity index (χ0) is 20.3. The number of nitrogens with one attached hydrogen (secondary N) is 1. The molecule has 152 valence electrons. The van der Waals surface area contributed by atoms with Gasteiger partial charge >= 0.3 is 0 Å². The Morgan fingerprint density at radius 2 is 1.66 bits per heavy atom. The topological polar surface area (TPSA) is 37.8 Å². The molecule has 0 radical (unpaired) electrons. The summed E-state index contributed by atoms with van der Waals surface area (Å²) in [6.45, 7) is 7.14. The Balaban J connectivity index is 1.48. The summed E-state index contributed by atoms with van der Waals surface area (Å²) in [4.78, 5) is 9.09. The standard InChI is InChI=1S/C26H33N3/c1-26(2,3)21-12-14-22(15-13-21)29-25-24-9-5-4-8-23(24)20(18-28-25)11-10-19-7-6-16-27-17-19/h4-9,16-18,21-22H,10-15H2,1-3H3,(H,28,29)/t21-,22-. The van der Waals surface area contributed by atoms with Gasteiger partial charge in [-0.3, -0.25) is 4.98 Å². The van der Waals surface area contributed by atoms with Gasteiger partial charge in [-0.25, -0.2) is 4.98 Å². The van der Waals surface area contributed by atoms with Crippen molar-refractivity contribution < 1.29 is 0 Å². The maximum Gasteiger partial charge on any atom is 0.134 e. The number of anilines is 1. The van der Waals surface area contributed by atoms with E-state index in [-0.39, 0.29) is 0 Å². The summed E-state index contributed by atoms with van der Waals surface area (Å²) in [5.41, 5.74) is 3.01. The highest BCUT2D eigenvalue weighted by Gasteiger charge is 2.29. The number of hydrogen-bond donors (Lipinski definition) is 1. The highest BCUT2D eigenvalue weighted by atomic mass is 15.0. The van der Waals surface area contributed by atoms with Crippen LogP contribution in [0, 0.1) is 11.3 Å². The molecule has 1 saturated carbocycles. The first-order valence-electron chi connectivity index (χ1n) is 11.0. The predicted octanol–water partition coefficient (Wildman–Crippen LogP) is 6.43. The molecule has 0 amide bonds. The molecule has 0 unspecified atom stereocenters. The molecule has 29 heavy (non-hydrogen) atoms. The summed E-state index contributed by atoms with van der Waals surface area (Å²) in [6, 6.07) is 13.4. The number of rotatable bonds is 5. The molecule has 0 saturated heterocycles. The maximum atomic E-state index is 4.85. The highest BCUT2D eigenvalue weighted by Crippen LogP contribution is 2.38. The van der Waals surface area contributed by atoms with Crippen LogP contribution >= 0.6 is 0 Å². The van der Waals surface area contributed by atoms with E-state index in [0.29, 0.717) is 11.5 Å².